The highest BCUT2D eigenvalue weighted by molar-refractivity contribution is 5.25. The Morgan fingerprint density at radius 3 is 2.83 bits per heavy atom. The van der Waals surface area contributed by atoms with Crippen LogP contribution in [0.15, 0.2) is 48.7 Å². The normalized spacial score (nSPS) is 12.3. The molecule has 94 valence electrons. The van der Waals surface area contributed by atoms with Gasteiger partial charge in [-0.15, -0.1) is 0 Å². The summed E-state index contributed by atoms with van der Waals surface area (Å²) in [5.74, 6) is 0. The lowest BCUT2D eigenvalue weighted by Crippen LogP contribution is -2.04. The third-order valence-electron chi connectivity index (χ3n) is 2.78. The molecule has 1 unspecified atom stereocenters. The molecule has 18 heavy (non-hydrogen) atoms. The molecule has 0 aliphatic rings. The van der Waals surface area contributed by atoms with E-state index in [0.717, 1.165) is 16.8 Å². The number of hydrogen-bond acceptors (Lipinski definition) is 3. The lowest BCUT2D eigenvalue weighted by molar-refractivity contribution is 0.174. The molecule has 0 aliphatic heterocycles. The van der Waals surface area contributed by atoms with Gasteiger partial charge in [0.05, 0.1) is 12.7 Å². The maximum absolute atomic E-state index is 10.2. The van der Waals surface area contributed by atoms with Gasteiger partial charge in [-0.05, 0) is 23.3 Å². The molecule has 1 aromatic heterocycles. The molecule has 3 nitrogen and oxygen atoms in total. The highest BCUT2D eigenvalue weighted by atomic mass is 16.5. The van der Waals surface area contributed by atoms with Crippen molar-refractivity contribution in [3.63, 3.8) is 0 Å². The molecule has 0 fully saturated rings. The van der Waals surface area contributed by atoms with Crippen LogP contribution in [-0.4, -0.2) is 17.2 Å². The molecule has 0 radical (unpaired) electrons. The van der Waals surface area contributed by atoms with Crippen LogP contribution in [0.1, 0.15) is 22.9 Å². The van der Waals surface area contributed by atoms with E-state index in [-0.39, 0.29) is 0 Å². The molecular weight excluding hydrogens is 226 g/mol. The van der Waals surface area contributed by atoms with Crippen LogP contribution in [-0.2, 0) is 17.8 Å². The summed E-state index contributed by atoms with van der Waals surface area (Å²) >= 11 is 0. The summed E-state index contributed by atoms with van der Waals surface area (Å²) in [6, 6.07) is 13.5. The van der Waals surface area contributed by atoms with Crippen molar-refractivity contribution in [1.82, 2.24) is 4.98 Å². The molecule has 2 rings (SSSR count). The number of hydrogen-bond donors (Lipinski definition) is 1. The molecule has 3 heteroatoms. The molecular formula is C15H17NO2. The van der Waals surface area contributed by atoms with Crippen molar-refractivity contribution < 1.29 is 9.84 Å². The Bertz CT molecular complexity index is 485. The summed E-state index contributed by atoms with van der Waals surface area (Å²) in [4.78, 5) is 4.22. The second-order valence-corrected chi connectivity index (χ2v) is 4.22. The van der Waals surface area contributed by atoms with E-state index in [0.29, 0.717) is 13.0 Å². The van der Waals surface area contributed by atoms with Crippen molar-refractivity contribution in [2.75, 3.05) is 7.11 Å². The Labute approximate surface area is 107 Å². The van der Waals surface area contributed by atoms with E-state index in [1.807, 2.05) is 42.5 Å². The number of rotatable bonds is 5. The Morgan fingerprint density at radius 1 is 1.22 bits per heavy atom. The van der Waals surface area contributed by atoms with E-state index < -0.39 is 6.10 Å². The minimum Gasteiger partial charge on any atom is -0.388 e. The third kappa shape index (κ3) is 3.39. The first-order chi connectivity index (χ1) is 8.79. The predicted molar refractivity (Wildman–Crippen MR) is 70.1 cm³/mol. The van der Waals surface area contributed by atoms with Crippen molar-refractivity contribution in [2.24, 2.45) is 0 Å². The van der Waals surface area contributed by atoms with Crippen molar-refractivity contribution in [1.29, 1.82) is 0 Å². The van der Waals surface area contributed by atoms with Crippen molar-refractivity contribution in [2.45, 2.75) is 19.1 Å². The number of ether oxygens (including phenoxy) is 1. The monoisotopic (exact) mass is 243 g/mol. The summed E-state index contributed by atoms with van der Waals surface area (Å²) < 4.78 is 5.09. The average Bonchev–Trinajstić information content (AvgIpc) is 2.40. The van der Waals surface area contributed by atoms with Crippen LogP contribution in [0.25, 0.3) is 0 Å². The number of aromatic nitrogens is 1. The molecule has 0 saturated carbocycles. The highest BCUT2D eigenvalue weighted by Gasteiger charge is 2.09. The lowest BCUT2D eigenvalue weighted by atomic mass is 10.0. The van der Waals surface area contributed by atoms with Gasteiger partial charge in [-0.2, -0.15) is 0 Å². The van der Waals surface area contributed by atoms with Gasteiger partial charge in [0.2, 0.25) is 0 Å². The SMILES string of the molecule is COCc1cccc(C(O)Cc2ccccn2)c1. The Balaban J connectivity index is 2.08. The maximum atomic E-state index is 10.2. The smallest absolute Gasteiger partial charge is 0.0845 e. The number of nitrogens with zero attached hydrogens (tertiary/aromatic N) is 1. The number of methoxy groups -OCH3 is 1. The summed E-state index contributed by atoms with van der Waals surface area (Å²) in [7, 11) is 1.66. The van der Waals surface area contributed by atoms with Crippen molar-refractivity contribution in [3.8, 4) is 0 Å². The minimum atomic E-state index is -0.531. The van der Waals surface area contributed by atoms with Crippen LogP contribution < -0.4 is 0 Å². The molecule has 2 aromatic rings. The average molecular weight is 243 g/mol. The van der Waals surface area contributed by atoms with Gasteiger partial charge < -0.3 is 9.84 Å². The fraction of sp³-hybridized carbons (Fsp3) is 0.267. The number of pyridine rings is 1. The molecule has 0 aliphatic carbocycles. The van der Waals surface area contributed by atoms with Gasteiger partial charge >= 0.3 is 0 Å². The number of aliphatic hydroxyl groups excluding tert-OH is 1. The third-order valence-corrected chi connectivity index (χ3v) is 2.78. The van der Waals surface area contributed by atoms with E-state index in [2.05, 4.69) is 4.98 Å². The predicted octanol–water partition coefficient (Wildman–Crippen LogP) is 2.50. The second-order valence-electron chi connectivity index (χ2n) is 4.22. The highest BCUT2D eigenvalue weighted by Crippen LogP contribution is 2.18. The summed E-state index contributed by atoms with van der Waals surface area (Å²) in [6.45, 7) is 0.560. The fourth-order valence-electron chi connectivity index (χ4n) is 1.89. The van der Waals surface area contributed by atoms with E-state index in [4.69, 9.17) is 4.74 Å². The minimum absolute atomic E-state index is 0.525. The van der Waals surface area contributed by atoms with Gasteiger partial charge in [0, 0.05) is 25.4 Å². The van der Waals surface area contributed by atoms with Crippen LogP contribution in [0.3, 0.4) is 0 Å². The van der Waals surface area contributed by atoms with Crippen LogP contribution in [0.4, 0.5) is 0 Å². The summed E-state index contributed by atoms with van der Waals surface area (Å²) in [5, 5.41) is 10.2. The fourth-order valence-corrected chi connectivity index (χ4v) is 1.89. The Kier molecular flexibility index (Phi) is 4.45. The largest absolute Gasteiger partial charge is 0.388 e. The van der Waals surface area contributed by atoms with Crippen LogP contribution >= 0.6 is 0 Å². The number of aliphatic hydroxyl groups is 1. The van der Waals surface area contributed by atoms with Crippen molar-refractivity contribution >= 4 is 0 Å². The molecule has 0 amide bonds. The molecule has 0 spiro atoms. The lowest BCUT2D eigenvalue weighted by Gasteiger charge is -2.11. The van der Waals surface area contributed by atoms with Gasteiger partial charge in [-0.3, -0.25) is 4.98 Å². The first-order valence-corrected chi connectivity index (χ1v) is 5.95. The van der Waals surface area contributed by atoms with Crippen molar-refractivity contribution in [3.05, 3.63) is 65.5 Å². The summed E-state index contributed by atoms with van der Waals surface area (Å²) in [5.41, 5.74) is 2.85. The quantitative estimate of drug-likeness (QED) is 0.877. The molecule has 1 atom stereocenters. The maximum Gasteiger partial charge on any atom is 0.0845 e. The standard InChI is InChI=1S/C15H17NO2/c1-18-11-12-5-4-6-13(9-12)15(17)10-14-7-2-3-8-16-14/h2-9,15,17H,10-11H2,1H3. The molecule has 0 bridgehead atoms. The zero-order valence-electron chi connectivity index (χ0n) is 10.4. The van der Waals surface area contributed by atoms with Gasteiger partial charge in [-0.1, -0.05) is 30.3 Å². The van der Waals surface area contributed by atoms with E-state index in [1.54, 1.807) is 13.3 Å². The van der Waals surface area contributed by atoms with Gasteiger partial charge in [-0.25, -0.2) is 0 Å². The second kappa shape index (κ2) is 6.28. The van der Waals surface area contributed by atoms with Crippen LogP contribution in [0, 0.1) is 0 Å². The molecule has 1 N–H and O–H groups in total. The van der Waals surface area contributed by atoms with Gasteiger partial charge in [0.25, 0.3) is 0 Å². The van der Waals surface area contributed by atoms with Gasteiger partial charge in [0.15, 0.2) is 0 Å². The zero-order valence-corrected chi connectivity index (χ0v) is 10.4. The van der Waals surface area contributed by atoms with Crippen LogP contribution in [0.2, 0.25) is 0 Å². The van der Waals surface area contributed by atoms with E-state index in [1.165, 1.54) is 0 Å². The van der Waals surface area contributed by atoms with Gasteiger partial charge in [0.1, 0.15) is 0 Å². The molecule has 1 aromatic carbocycles. The first kappa shape index (κ1) is 12.7. The topological polar surface area (TPSA) is 42.4 Å². The van der Waals surface area contributed by atoms with E-state index in [9.17, 15) is 5.11 Å². The Hall–Kier alpha value is -1.71. The molecule has 0 saturated heterocycles. The van der Waals surface area contributed by atoms with Crippen LogP contribution in [0.5, 0.6) is 0 Å². The number of benzene rings is 1. The zero-order chi connectivity index (χ0) is 12.8. The Morgan fingerprint density at radius 2 is 2.11 bits per heavy atom. The van der Waals surface area contributed by atoms with E-state index >= 15 is 0 Å². The summed E-state index contributed by atoms with van der Waals surface area (Å²) in [6.07, 6.45) is 1.73. The molecule has 1 heterocycles. The first-order valence-electron chi connectivity index (χ1n) is 5.95.